The third-order valence-corrected chi connectivity index (χ3v) is 11.6. The molecule has 0 amide bonds. The van der Waals surface area contributed by atoms with Gasteiger partial charge in [0.2, 0.25) is 5.95 Å². The van der Waals surface area contributed by atoms with Gasteiger partial charge in [0.15, 0.2) is 17.4 Å². The molecule has 0 unspecified atom stereocenters. The topological polar surface area (TPSA) is 184 Å². The number of hydrogen-bond donors (Lipinski definition) is 3. The summed E-state index contributed by atoms with van der Waals surface area (Å²) >= 11 is 0. The van der Waals surface area contributed by atoms with E-state index >= 15 is 0 Å². The summed E-state index contributed by atoms with van der Waals surface area (Å²) in [6.07, 6.45) is -4.27. The summed E-state index contributed by atoms with van der Waals surface area (Å²) in [5, 5.41) is 11.5. The molecule has 2 fully saturated rings. The van der Waals surface area contributed by atoms with E-state index < -0.39 is 48.2 Å². The summed E-state index contributed by atoms with van der Waals surface area (Å²) in [4.78, 5) is 23.0. The van der Waals surface area contributed by atoms with Crippen molar-refractivity contribution in [1.82, 2.24) is 19.5 Å². The molecule has 4 N–H and O–H groups in total. The van der Waals surface area contributed by atoms with Gasteiger partial charge in [-0.25, -0.2) is 4.98 Å². The van der Waals surface area contributed by atoms with Crippen molar-refractivity contribution in [3.63, 3.8) is 0 Å². The fourth-order valence-electron chi connectivity index (χ4n) is 4.35. The zero-order valence-electron chi connectivity index (χ0n) is 23.4. The molecular weight excluding hydrogens is 551 g/mol. The van der Waals surface area contributed by atoms with Gasteiger partial charge < -0.3 is 46.2 Å². The van der Waals surface area contributed by atoms with Crippen LogP contribution in [0, 0.1) is 0 Å². The molecule has 2 aliphatic heterocycles. The summed E-state index contributed by atoms with van der Waals surface area (Å²) in [6.45, 7) is 14.5. The Morgan fingerprint density at radius 2 is 1.59 bits per heavy atom. The smallest absolute Gasteiger partial charge is 0.386 e. The first-order valence-electron chi connectivity index (χ1n) is 13.0. The Balaban J connectivity index is 1.78. The summed E-state index contributed by atoms with van der Waals surface area (Å²) < 4.78 is 51.7. The zero-order valence-corrected chi connectivity index (χ0v) is 25.4. The molecule has 0 spiro atoms. The van der Waals surface area contributed by atoms with Crippen molar-refractivity contribution in [2.24, 2.45) is 0 Å². The zero-order chi connectivity index (χ0) is 28.7. The quantitative estimate of drug-likeness (QED) is 0.351. The highest BCUT2D eigenvalue weighted by molar-refractivity contribution is 6.68. The number of aliphatic hydroxyl groups excluding tert-OH is 1. The maximum Gasteiger partial charge on any atom is 0.674 e. The number of aromatic nitrogens is 4. The predicted molar refractivity (Wildman–Crippen MR) is 141 cm³/mol. The predicted octanol–water partition coefficient (Wildman–Crippen LogP) is 0.963. The lowest BCUT2D eigenvalue weighted by atomic mass is 10.1. The van der Waals surface area contributed by atoms with E-state index in [-0.39, 0.29) is 48.1 Å². The maximum atomic E-state index is 12.3. The number of nitrogens with zero attached hydrogens (tertiary/aromatic N) is 3. The fraction of sp³-hybridized carbons (Fsp3) is 0.773. The van der Waals surface area contributed by atoms with E-state index in [0.717, 1.165) is 0 Å². The summed E-state index contributed by atoms with van der Waals surface area (Å²) in [7, 11) is -8.10. The molecule has 2 aliphatic rings. The van der Waals surface area contributed by atoms with Crippen LogP contribution in [0.4, 0.5) is 5.95 Å². The van der Waals surface area contributed by atoms with Gasteiger partial charge in [-0.1, -0.05) is 0 Å². The molecular formula is C22H39N5O10Si2. The molecule has 4 rings (SSSR count). The summed E-state index contributed by atoms with van der Waals surface area (Å²) in [5.74, 6) is -0.102. The van der Waals surface area contributed by atoms with Crippen molar-refractivity contribution in [2.45, 2.75) is 104 Å². The van der Waals surface area contributed by atoms with E-state index in [4.69, 9.17) is 41.1 Å². The van der Waals surface area contributed by atoms with E-state index in [1.807, 2.05) is 55.4 Å². The molecule has 4 atom stereocenters. The lowest BCUT2D eigenvalue weighted by Crippen LogP contribution is -2.68. The minimum atomic E-state index is -4.14. The number of anilines is 1. The van der Waals surface area contributed by atoms with Crippen LogP contribution >= 0.6 is 0 Å². The van der Waals surface area contributed by atoms with Gasteiger partial charge in [-0.15, -0.1) is 0 Å². The number of nitrogens with one attached hydrogen (secondary N) is 1. The lowest BCUT2D eigenvalue weighted by molar-refractivity contribution is -0.147. The Hall–Kier alpha value is -1.78. The minimum Gasteiger partial charge on any atom is -0.386 e. The molecule has 0 saturated carbocycles. The lowest BCUT2D eigenvalue weighted by Gasteiger charge is -2.42. The monoisotopic (exact) mass is 590 g/mol. The first-order chi connectivity index (χ1) is 18.2. The number of rotatable bonds is 9. The van der Waals surface area contributed by atoms with Crippen molar-refractivity contribution in [1.29, 1.82) is 0 Å². The first-order valence-corrected chi connectivity index (χ1v) is 16.3. The van der Waals surface area contributed by atoms with Gasteiger partial charge in [0.05, 0.1) is 12.9 Å². The Bertz CT molecular complexity index is 1170. The van der Waals surface area contributed by atoms with Crippen molar-refractivity contribution in [3.05, 3.63) is 16.7 Å². The van der Waals surface area contributed by atoms with Crippen LogP contribution in [0.1, 0.15) is 61.6 Å². The second-order valence-corrected chi connectivity index (χ2v) is 14.8. The molecule has 0 radical (unpaired) electrons. The number of hydrogen-bond acceptors (Lipinski definition) is 13. The largest absolute Gasteiger partial charge is 0.674 e. The van der Waals surface area contributed by atoms with Gasteiger partial charge >= 0.3 is 18.1 Å². The molecule has 2 aromatic rings. The number of H-pyrrole nitrogens is 1. The van der Waals surface area contributed by atoms with E-state index in [1.165, 1.54) is 10.9 Å². The average Bonchev–Trinajstić information content (AvgIpc) is 3.30. The highest BCUT2D eigenvalue weighted by Crippen LogP contribution is 2.39. The van der Waals surface area contributed by atoms with Crippen LogP contribution in [0.3, 0.4) is 0 Å². The summed E-state index contributed by atoms with van der Waals surface area (Å²) in [5.41, 5.74) is 5.43. The van der Waals surface area contributed by atoms with Gasteiger partial charge in [0.1, 0.15) is 18.3 Å². The van der Waals surface area contributed by atoms with E-state index in [1.54, 1.807) is 0 Å². The van der Waals surface area contributed by atoms with Gasteiger partial charge in [-0.3, -0.25) is 14.3 Å². The molecule has 4 heterocycles. The molecule has 0 aromatic carbocycles. The van der Waals surface area contributed by atoms with Gasteiger partial charge in [-0.05, 0) is 55.4 Å². The van der Waals surface area contributed by atoms with E-state index in [9.17, 15) is 9.90 Å². The molecule has 2 aromatic heterocycles. The number of imidazole rings is 1. The molecule has 17 heteroatoms. The number of fused-ring (bicyclic) bond motifs is 2. The third kappa shape index (κ3) is 6.59. The van der Waals surface area contributed by atoms with Crippen molar-refractivity contribution >= 4 is 35.2 Å². The van der Waals surface area contributed by atoms with Gasteiger partial charge in [0.25, 0.3) is 5.56 Å². The van der Waals surface area contributed by atoms with E-state index in [2.05, 4.69) is 15.0 Å². The molecule has 0 bridgehead atoms. The fourth-order valence-corrected chi connectivity index (χ4v) is 10.4. The molecule has 220 valence electrons. The van der Waals surface area contributed by atoms with Crippen molar-refractivity contribution < 1.29 is 40.5 Å². The molecule has 2 saturated heterocycles. The highest BCUT2D eigenvalue weighted by Gasteiger charge is 2.66. The number of nitrogens with two attached hydrogens (primary N) is 1. The van der Waals surface area contributed by atoms with Crippen LogP contribution in [0.25, 0.3) is 11.2 Å². The number of ether oxygens (including phenoxy) is 1. The average molecular weight is 591 g/mol. The Kier molecular flexibility index (Phi) is 8.99. The minimum absolute atomic E-state index is 0.0434. The third-order valence-electron chi connectivity index (χ3n) is 5.51. The molecule has 0 aliphatic carbocycles. The number of aliphatic hydroxyl groups is 1. The van der Waals surface area contributed by atoms with Crippen LogP contribution < -0.4 is 11.3 Å². The first kappa shape index (κ1) is 30.2. The molecule has 39 heavy (non-hydrogen) atoms. The standard InChI is InChI=1S/C22H39N5O10Si2/c1-11(2)32-38(33-12(3)4)30-9-15-18(36-39(37-38,34-13(5)6)35-14(7)8)17(28)21(31-15)27-10-24-16-19(27)25-22(23)26-20(16)29/h10-15,17-18,21,28H,9H2,1-8H3,(H3,23,25,26,29)/t15-,17-,18-,21-/m1/s1/i26+1. The maximum absolute atomic E-state index is 12.3. The Morgan fingerprint density at radius 3 is 2.15 bits per heavy atom. The van der Waals surface area contributed by atoms with Crippen molar-refractivity contribution in [3.8, 4) is 0 Å². The number of aromatic amines is 1. The number of nitrogen functional groups attached to an aromatic ring is 1. The van der Waals surface area contributed by atoms with Crippen LogP contribution in [0.5, 0.6) is 0 Å². The normalized spacial score (nSPS) is 27.0. The van der Waals surface area contributed by atoms with Crippen LogP contribution in [0.2, 0.25) is 0 Å². The second kappa shape index (κ2) is 11.6. The van der Waals surface area contributed by atoms with Crippen molar-refractivity contribution in [2.75, 3.05) is 12.3 Å². The van der Waals surface area contributed by atoms with Crippen LogP contribution in [-0.2, 0) is 35.4 Å². The van der Waals surface area contributed by atoms with Crippen LogP contribution in [0.15, 0.2) is 11.1 Å². The highest BCUT2D eigenvalue weighted by atomic mass is 28.5. The summed E-state index contributed by atoms with van der Waals surface area (Å²) in [6, 6.07) is 0. The Labute approximate surface area is 228 Å². The SMILES string of the molecule is CC(C)O[Si]1(OC(C)C)OC[C@H]2O[C@@H](n3cnc4c(=O)[15nH]c(N)nc43)[C@H](O)[C@@H]2O[Si](OC(C)C)(OC(C)C)O1. The second-order valence-electron chi connectivity index (χ2n) is 10.5. The van der Waals surface area contributed by atoms with Crippen LogP contribution in [-0.4, -0.2) is 92.1 Å². The van der Waals surface area contributed by atoms with E-state index in [0.29, 0.717) is 0 Å². The molecule has 15 nitrogen and oxygen atoms in total. The Morgan fingerprint density at radius 1 is 1.03 bits per heavy atom. The van der Waals surface area contributed by atoms with Gasteiger partial charge in [0, 0.05) is 24.4 Å². The van der Waals surface area contributed by atoms with Gasteiger partial charge in [-0.2, -0.15) is 4.98 Å².